The van der Waals surface area contributed by atoms with Gasteiger partial charge in [-0.25, -0.2) is 9.48 Å². The molecule has 1 aliphatic heterocycles. The van der Waals surface area contributed by atoms with Gasteiger partial charge >= 0.3 is 17.9 Å². The summed E-state index contributed by atoms with van der Waals surface area (Å²) in [5.74, 6) is -5.34. The van der Waals surface area contributed by atoms with E-state index in [-0.39, 0.29) is 5.75 Å². The van der Waals surface area contributed by atoms with Crippen molar-refractivity contribution in [3.05, 3.63) is 45.2 Å². The zero-order valence-electron chi connectivity index (χ0n) is 23.2. The second kappa shape index (κ2) is 13.8. The molecule has 0 atom stereocenters. The zero-order valence-corrected chi connectivity index (χ0v) is 24.0. The predicted molar refractivity (Wildman–Crippen MR) is 153 cm³/mol. The Morgan fingerprint density at radius 3 is 2.14 bits per heavy atom. The maximum atomic E-state index is 13.0. The van der Waals surface area contributed by atoms with Gasteiger partial charge in [0.1, 0.15) is 5.65 Å². The van der Waals surface area contributed by atoms with Crippen LogP contribution < -0.4 is 5.43 Å². The van der Waals surface area contributed by atoms with Gasteiger partial charge in [0.05, 0.1) is 41.2 Å². The number of carboxylic acids is 3. The second-order valence-corrected chi connectivity index (χ2v) is 10.4. The number of nitrogens with zero attached hydrogens (tertiary/aromatic N) is 4. The molecule has 0 saturated carbocycles. The standard InChI is InChI=1S/C21H26ClN5O2.C6H8O7/c1-3-16-17-19(28)20(29)18(14-6-4-5-7-15(14)22)23-21(17)27(24-16)13-12-26-10-8-25(2)9-11-26;7-3(8)1-6(13,5(11)12)2-4(9)10/h4-7,29H,3,8-13H2,1-2H3,(H,23,28);13H,1-2H2,(H,7,8)(H,9,10)(H,11,12). The number of benzene rings is 1. The number of fused-ring (bicyclic) bond motifs is 1. The maximum Gasteiger partial charge on any atom is 0.336 e. The first-order valence-electron chi connectivity index (χ1n) is 13.2. The number of pyridine rings is 1. The monoisotopic (exact) mass is 607 g/mol. The summed E-state index contributed by atoms with van der Waals surface area (Å²) in [4.78, 5) is 51.5. The fraction of sp³-hybridized carbons (Fsp3) is 0.444. The van der Waals surface area contributed by atoms with E-state index in [4.69, 9.17) is 32.0 Å². The highest BCUT2D eigenvalue weighted by Crippen LogP contribution is 2.32. The highest BCUT2D eigenvalue weighted by molar-refractivity contribution is 6.33. The van der Waals surface area contributed by atoms with Crippen molar-refractivity contribution in [2.24, 2.45) is 0 Å². The quantitative estimate of drug-likeness (QED) is 0.193. The number of aromatic amines is 1. The zero-order chi connectivity index (χ0) is 31.2. The smallest absolute Gasteiger partial charge is 0.336 e. The molecule has 228 valence electrons. The van der Waals surface area contributed by atoms with E-state index in [0.717, 1.165) is 32.7 Å². The molecule has 0 amide bonds. The fourth-order valence-corrected chi connectivity index (χ4v) is 4.81. The summed E-state index contributed by atoms with van der Waals surface area (Å²) in [6.45, 7) is 7.66. The lowest BCUT2D eigenvalue weighted by Crippen LogP contribution is -2.45. The van der Waals surface area contributed by atoms with E-state index in [1.807, 2.05) is 23.7 Å². The third-order valence-corrected chi connectivity index (χ3v) is 7.26. The summed E-state index contributed by atoms with van der Waals surface area (Å²) >= 11 is 6.31. The van der Waals surface area contributed by atoms with Gasteiger partial charge in [0.15, 0.2) is 11.4 Å². The number of piperazine rings is 1. The SMILES string of the molecule is CCc1nn(CCN2CCN(C)CC2)c2[nH]c(-c3ccccc3Cl)c(O)c(=O)c12.O=C(O)CC(O)(CC(=O)O)C(=O)O. The molecule has 14 nitrogen and oxygen atoms in total. The van der Waals surface area contributed by atoms with Crippen LogP contribution in [0.25, 0.3) is 22.3 Å². The van der Waals surface area contributed by atoms with Crippen LogP contribution in [0.15, 0.2) is 29.1 Å². The Labute approximate surface area is 245 Å². The summed E-state index contributed by atoms with van der Waals surface area (Å²) in [7, 11) is 2.14. The van der Waals surface area contributed by atoms with Crippen LogP contribution in [0.1, 0.15) is 25.5 Å². The topological polar surface area (TPSA) is 210 Å². The summed E-state index contributed by atoms with van der Waals surface area (Å²) in [5.41, 5.74) is -0.893. The molecule has 4 rings (SSSR count). The fourth-order valence-electron chi connectivity index (χ4n) is 4.58. The molecule has 1 aliphatic rings. The lowest BCUT2D eigenvalue weighted by atomic mass is 9.96. The molecule has 1 fully saturated rings. The van der Waals surface area contributed by atoms with Crippen LogP contribution in [-0.4, -0.2) is 113 Å². The van der Waals surface area contributed by atoms with Gasteiger partial charge in [0.25, 0.3) is 0 Å². The van der Waals surface area contributed by atoms with Crippen LogP contribution in [0.4, 0.5) is 0 Å². The average Bonchev–Trinajstić information content (AvgIpc) is 3.28. The Morgan fingerprint density at radius 2 is 1.62 bits per heavy atom. The van der Waals surface area contributed by atoms with Gasteiger partial charge in [-0.3, -0.25) is 19.3 Å². The Bertz CT molecular complexity index is 1500. The van der Waals surface area contributed by atoms with Gasteiger partial charge < -0.3 is 35.4 Å². The van der Waals surface area contributed by atoms with Crippen LogP contribution >= 0.6 is 11.6 Å². The predicted octanol–water partition coefficient (Wildman–Crippen LogP) is 1.31. The number of aromatic hydroxyl groups is 1. The number of rotatable bonds is 10. The number of nitrogens with one attached hydrogen (secondary N) is 1. The van der Waals surface area contributed by atoms with Gasteiger partial charge in [0, 0.05) is 38.3 Å². The molecule has 0 bridgehead atoms. The largest absolute Gasteiger partial charge is 0.503 e. The number of hydrogen-bond acceptors (Lipinski definition) is 9. The molecular weight excluding hydrogens is 574 g/mol. The summed E-state index contributed by atoms with van der Waals surface area (Å²) in [5, 5.41) is 50.0. The lowest BCUT2D eigenvalue weighted by molar-refractivity contribution is -0.170. The summed E-state index contributed by atoms with van der Waals surface area (Å²) < 4.78 is 1.85. The van der Waals surface area contributed by atoms with E-state index >= 15 is 0 Å². The minimum Gasteiger partial charge on any atom is -0.503 e. The number of H-pyrrole nitrogens is 1. The molecule has 15 heteroatoms. The number of aryl methyl sites for hydroxylation is 1. The van der Waals surface area contributed by atoms with Crippen LogP contribution in [0, 0.1) is 0 Å². The van der Waals surface area contributed by atoms with Crippen LogP contribution in [0.5, 0.6) is 5.75 Å². The minimum absolute atomic E-state index is 0.320. The Balaban J connectivity index is 0.000000316. The average molecular weight is 608 g/mol. The molecule has 0 spiro atoms. The highest BCUT2D eigenvalue weighted by atomic mass is 35.5. The van der Waals surface area contributed by atoms with Crippen molar-refractivity contribution < 1.29 is 39.9 Å². The van der Waals surface area contributed by atoms with Crippen molar-refractivity contribution >= 4 is 40.5 Å². The first kappa shape index (κ1) is 32.5. The van der Waals surface area contributed by atoms with Crippen LogP contribution in [-0.2, 0) is 27.3 Å². The van der Waals surface area contributed by atoms with Crippen molar-refractivity contribution in [2.45, 2.75) is 38.3 Å². The van der Waals surface area contributed by atoms with Gasteiger partial charge in [-0.15, -0.1) is 0 Å². The molecule has 0 radical (unpaired) electrons. The third kappa shape index (κ3) is 7.64. The Morgan fingerprint density at radius 1 is 1.02 bits per heavy atom. The number of hydrogen-bond donors (Lipinski definition) is 6. The van der Waals surface area contributed by atoms with Crippen LogP contribution in [0.2, 0.25) is 5.02 Å². The Hall–Kier alpha value is -3.98. The minimum atomic E-state index is -2.74. The van der Waals surface area contributed by atoms with Gasteiger partial charge in [-0.2, -0.15) is 5.10 Å². The lowest BCUT2D eigenvalue weighted by Gasteiger charge is -2.32. The third-order valence-electron chi connectivity index (χ3n) is 6.93. The van der Waals surface area contributed by atoms with E-state index in [2.05, 4.69) is 26.9 Å². The second-order valence-electron chi connectivity index (χ2n) is 10.0. The first-order valence-corrected chi connectivity index (χ1v) is 13.5. The van der Waals surface area contributed by atoms with Crippen molar-refractivity contribution in [2.75, 3.05) is 39.8 Å². The van der Waals surface area contributed by atoms with Gasteiger partial charge in [-0.1, -0.05) is 36.7 Å². The number of likely N-dealkylation sites (N-methyl/N-ethyl adjacent to an activating group) is 1. The highest BCUT2D eigenvalue weighted by Gasteiger charge is 2.40. The Kier molecular flexibility index (Phi) is 10.7. The maximum absolute atomic E-state index is 13.0. The van der Waals surface area contributed by atoms with E-state index in [0.29, 0.717) is 46.0 Å². The normalized spacial score (nSPS) is 14.4. The van der Waals surface area contributed by atoms with Crippen molar-refractivity contribution in [1.29, 1.82) is 0 Å². The number of aromatic nitrogens is 3. The van der Waals surface area contributed by atoms with Crippen LogP contribution in [0.3, 0.4) is 0 Å². The molecule has 42 heavy (non-hydrogen) atoms. The van der Waals surface area contributed by atoms with Crippen molar-refractivity contribution in [3.8, 4) is 17.0 Å². The van der Waals surface area contributed by atoms with E-state index in [9.17, 15) is 24.3 Å². The molecule has 2 aromatic heterocycles. The number of aliphatic carboxylic acids is 3. The molecule has 1 saturated heterocycles. The van der Waals surface area contributed by atoms with Gasteiger partial charge in [0.2, 0.25) is 5.43 Å². The van der Waals surface area contributed by atoms with E-state index in [1.54, 1.807) is 12.1 Å². The molecule has 1 aromatic carbocycles. The molecular formula is C27H34ClN5O9. The summed E-state index contributed by atoms with van der Waals surface area (Å²) in [6.07, 6.45) is -1.67. The number of carbonyl (C=O) groups is 3. The molecule has 3 heterocycles. The molecule has 0 aliphatic carbocycles. The molecule has 6 N–H and O–H groups in total. The number of carboxylic acid groups (broad SMARTS) is 3. The molecule has 0 unspecified atom stereocenters. The van der Waals surface area contributed by atoms with E-state index in [1.165, 1.54) is 0 Å². The number of halogens is 1. The van der Waals surface area contributed by atoms with Crippen molar-refractivity contribution in [3.63, 3.8) is 0 Å². The molecule has 3 aromatic rings. The first-order chi connectivity index (χ1) is 19.8. The van der Waals surface area contributed by atoms with Gasteiger partial charge in [-0.05, 0) is 19.5 Å². The summed E-state index contributed by atoms with van der Waals surface area (Å²) in [6, 6.07) is 7.16. The van der Waals surface area contributed by atoms with Crippen molar-refractivity contribution in [1.82, 2.24) is 24.6 Å². The van der Waals surface area contributed by atoms with E-state index < -0.39 is 41.8 Å². The number of aliphatic hydroxyl groups is 1.